The highest BCUT2D eigenvalue weighted by atomic mass is 35.5. The molecule has 3 unspecified atom stereocenters. The Morgan fingerprint density at radius 3 is 2.42 bits per heavy atom. The second-order valence-corrected chi connectivity index (χ2v) is 6.96. The molecular formula is C21H28ClN3O. The van der Waals surface area contributed by atoms with E-state index in [-0.39, 0.29) is 24.4 Å². The van der Waals surface area contributed by atoms with Gasteiger partial charge in [-0.2, -0.15) is 0 Å². The number of nitrogens with one attached hydrogen (secondary N) is 1. The van der Waals surface area contributed by atoms with Gasteiger partial charge in [0, 0.05) is 19.1 Å². The normalized spacial score (nSPS) is 19.4. The Bertz CT molecular complexity index is 680. The first-order chi connectivity index (χ1) is 12.1. The standard InChI is InChI=1S/C21H27N3O.ClH/c1-16(23-21(25)20(22)18-10-6-3-7-11-18)19-12-13-24(15-19)14-17-8-4-2-5-9-17;/h2-11,16,19-20H,12-15,22H2,1H3,(H,23,25);1H. The maximum absolute atomic E-state index is 12.4. The first-order valence-corrected chi connectivity index (χ1v) is 9.00. The minimum atomic E-state index is -0.606. The van der Waals surface area contributed by atoms with Crippen LogP contribution in [0.5, 0.6) is 0 Å². The highest BCUT2D eigenvalue weighted by Gasteiger charge is 2.29. The van der Waals surface area contributed by atoms with Crippen molar-refractivity contribution < 1.29 is 4.79 Å². The molecule has 0 bridgehead atoms. The summed E-state index contributed by atoms with van der Waals surface area (Å²) < 4.78 is 0. The van der Waals surface area contributed by atoms with Crippen molar-refractivity contribution in [2.45, 2.75) is 32.0 Å². The number of carbonyl (C=O) groups excluding carboxylic acids is 1. The van der Waals surface area contributed by atoms with Crippen LogP contribution in [0.3, 0.4) is 0 Å². The van der Waals surface area contributed by atoms with E-state index in [9.17, 15) is 4.79 Å². The molecular weight excluding hydrogens is 346 g/mol. The molecule has 3 atom stereocenters. The van der Waals surface area contributed by atoms with Crippen LogP contribution in [0.2, 0.25) is 0 Å². The molecule has 1 heterocycles. The molecule has 2 aromatic rings. The Morgan fingerprint density at radius 1 is 1.15 bits per heavy atom. The van der Waals surface area contributed by atoms with Crippen molar-refractivity contribution in [3.05, 3.63) is 71.8 Å². The van der Waals surface area contributed by atoms with Crippen molar-refractivity contribution >= 4 is 18.3 Å². The van der Waals surface area contributed by atoms with Crippen molar-refractivity contribution in [1.82, 2.24) is 10.2 Å². The Balaban J connectivity index is 0.00000243. The molecule has 0 saturated carbocycles. The highest BCUT2D eigenvalue weighted by Crippen LogP contribution is 2.22. The smallest absolute Gasteiger partial charge is 0.241 e. The van der Waals surface area contributed by atoms with Gasteiger partial charge in [0.25, 0.3) is 0 Å². The number of carbonyl (C=O) groups is 1. The fourth-order valence-electron chi connectivity index (χ4n) is 3.50. The van der Waals surface area contributed by atoms with E-state index in [2.05, 4.69) is 41.4 Å². The van der Waals surface area contributed by atoms with E-state index in [1.54, 1.807) is 0 Å². The summed E-state index contributed by atoms with van der Waals surface area (Å²) in [6, 6.07) is 19.6. The summed E-state index contributed by atoms with van der Waals surface area (Å²) >= 11 is 0. The number of rotatable bonds is 6. The van der Waals surface area contributed by atoms with E-state index in [1.807, 2.05) is 36.4 Å². The Morgan fingerprint density at radius 2 is 1.77 bits per heavy atom. The average Bonchev–Trinajstić information content (AvgIpc) is 3.11. The largest absolute Gasteiger partial charge is 0.352 e. The molecule has 26 heavy (non-hydrogen) atoms. The van der Waals surface area contributed by atoms with Crippen LogP contribution in [0, 0.1) is 5.92 Å². The number of amides is 1. The van der Waals surface area contributed by atoms with E-state index in [0.29, 0.717) is 5.92 Å². The molecule has 0 spiro atoms. The van der Waals surface area contributed by atoms with Gasteiger partial charge in [-0.25, -0.2) is 0 Å². The fourth-order valence-corrected chi connectivity index (χ4v) is 3.50. The van der Waals surface area contributed by atoms with Gasteiger partial charge in [-0.05, 0) is 36.9 Å². The van der Waals surface area contributed by atoms with Gasteiger partial charge in [0.05, 0.1) is 0 Å². The van der Waals surface area contributed by atoms with Crippen LogP contribution in [-0.4, -0.2) is 29.9 Å². The molecule has 140 valence electrons. The van der Waals surface area contributed by atoms with Gasteiger partial charge in [0.2, 0.25) is 5.91 Å². The van der Waals surface area contributed by atoms with Gasteiger partial charge in [-0.1, -0.05) is 60.7 Å². The maximum atomic E-state index is 12.4. The SMILES string of the molecule is CC(NC(=O)C(N)c1ccccc1)C1CCN(Cc2ccccc2)C1.Cl. The maximum Gasteiger partial charge on any atom is 0.241 e. The number of benzene rings is 2. The lowest BCUT2D eigenvalue weighted by atomic mass is 9.99. The van der Waals surface area contributed by atoms with E-state index >= 15 is 0 Å². The Kier molecular flexibility index (Phi) is 7.64. The van der Waals surface area contributed by atoms with Crippen LogP contribution in [0.1, 0.15) is 30.5 Å². The fraction of sp³-hybridized carbons (Fsp3) is 0.381. The Hall–Kier alpha value is -1.88. The summed E-state index contributed by atoms with van der Waals surface area (Å²) in [6.45, 7) is 5.15. The monoisotopic (exact) mass is 373 g/mol. The lowest BCUT2D eigenvalue weighted by molar-refractivity contribution is -0.123. The van der Waals surface area contributed by atoms with Crippen molar-refractivity contribution in [3.63, 3.8) is 0 Å². The van der Waals surface area contributed by atoms with E-state index in [4.69, 9.17) is 5.73 Å². The van der Waals surface area contributed by atoms with E-state index < -0.39 is 6.04 Å². The molecule has 2 aromatic carbocycles. The van der Waals surface area contributed by atoms with Gasteiger partial charge in [-0.15, -0.1) is 12.4 Å². The number of nitrogens with zero attached hydrogens (tertiary/aromatic N) is 1. The second kappa shape index (κ2) is 9.72. The summed E-state index contributed by atoms with van der Waals surface area (Å²) in [7, 11) is 0. The topological polar surface area (TPSA) is 58.4 Å². The lowest BCUT2D eigenvalue weighted by Gasteiger charge is -2.23. The third-order valence-electron chi connectivity index (χ3n) is 5.08. The highest BCUT2D eigenvalue weighted by molar-refractivity contribution is 5.85. The third-order valence-corrected chi connectivity index (χ3v) is 5.08. The zero-order chi connectivity index (χ0) is 17.6. The summed E-state index contributed by atoms with van der Waals surface area (Å²) in [5.41, 5.74) is 8.28. The van der Waals surface area contributed by atoms with Crippen LogP contribution in [0.4, 0.5) is 0 Å². The molecule has 1 amide bonds. The molecule has 0 radical (unpaired) electrons. The molecule has 5 heteroatoms. The Labute approximate surface area is 162 Å². The summed E-state index contributed by atoms with van der Waals surface area (Å²) in [5, 5.41) is 3.11. The van der Waals surface area contributed by atoms with E-state index in [0.717, 1.165) is 31.6 Å². The number of halogens is 1. The van der Waals surface area contributed by atoms with Gasteiger partial charge in [0.15, 0.2) is 0 Å². The summed E-state index contributed by atoms with van der Waals surface area (Å²) in [4.78, 5) is 14.9. The minimum absolute atomic E-state index is 0. The number of nitrogens with two attached hydrogens (primary N) is 1. The molecule has 3 N–H and O–H groups in total. The molecule has 1 saturated heterocycles. The number of likely N-dealkylation sites (tertiary alicyclic amines) is 1. The zero-order valence-corrected chi connectivity index (χ0v) is 16.0. The zero-order valence-electron chi connectivity index (χ0n) is 15.2. The van der Waals surface area contributed by atoms with Crippen LogP contribution < -0.4 is 11.1 Å². The van der Waals surface area contributed by atoms with Crippen molar-refractivity contribution in [3.8, 4) is 0 Å². The van der Waals surface area contributed by atoms with Gasteiger partial charge in [-0.3, -0.25) is 9.69 Å². The molecule has 0 aromatic heterocycles. The molecule has 1 aliphatic heterocycles. The molecule has 3 rings (SSSR count). The molecule has 0 aliphatic carbocycles. The first kappa shape index (κ1) is 20.4. The second-order valence-electron chi connectivity index (χ2n) is 6.96. The first-order valence-electron chi connectivity index (χ1n) is 9.00. The number of hydrogen-bond acceptors (Lipinski definition) is 3. The van der Waals surface area contributed by atoms with Gasteiger partial charge < -0.3 is 11.1 Å². The third kappa shape index (κ3) is 5.31. The van der Waals surface area contributed by atoms with E-state index in [1.165, 1.54) is 5.56 Å². The van der Waals surface area contributed by atoms with Crippen LogP contribution in [-0.2, 0) is 11.3 Å². The van der Waals surface area contributed by atoms with Crippen LogP contribution in [0.15, 0.2) is 60.7 Å². The van der Waals surface area contributed by atoms with Crippen molar-refractivity contribution in [2.24, 2.45) is 11.7 Å². The molecule has 1 aliphatic rings. The van der Waals surface area contributed by atoms with Crippen LogP contribution >= 0.6 is 12.4 Å². The average molecular weight is 374 g/mol. The van der Waals surface area contributed by atoms with Crippen LogP contribution in [0.25, 0.3) is 0 Å². The summed E-state index contributed by atoms with van der Waals surface area (Å²) in [5.74, 6) is 0.371. The van der Waals surface area contributed by atoms with Gasteiger partial charge >= 0.3 is 0 Å². The van der Waals surface area contributed by atoms with Crippen molar-refractivity contribution in [1.29, 1.82) is 0 Å². The van der Waals surface area contributed by atoms with Gasteiger partial charge in [0.1, 0.15) is 6.04 Å². The molecule has 1 fully saturated rings. The predicted octanol–water partition coefficient (Wildman–Crippen LogP) is 3.14. The lowest BCUT2D eigenvalue weighted by Crippen LogP contribution is -2.43. The molecule has 4 nitrogen and oxygen atoms in total. The van der Waals surface area contributed by atoms with Crippen molar-refractivity contribution in [2.75, 3.05) is 13.1 Å². The number of hydrogen-bond donors (Lipinski definition) is 2. The quantitative estimate of drug-likeness (QED) is 0.817. The minimum Gasteiger partial charge on any atom is -0.352 e. The summed E-state index contributed by atoms with van der Waals surface area (Å²) in [6.07, 6.45) is 1.11. The predicted molar refractivity (Wildman–Crippen MR) is 108 cm³/mol.